The molecule has 0 aliphatic rings. The molecule has 1 N–H and O–H groups in total. The van der Waals surface area contributed by atoms with E-state index >= 15 is 0 Å². The molecule has 1 aromatic heterocycles. The van der Waals surface area contributed by atoms with Gasteiger partial charge in [0.25, 0.3) is 5.91 Å². The molecule has 1 amide bonds. The Labute approximate surface area is 118 Å². The molecule has 0 saturated carbocycles. The lowest BCUT2D eigenvalue weighted by atomic mass is 10.0. The Morgan fingerprint density at radius 3 is 2.30 bits per heavy atom. The van der Waals surface area contributed by atoms with Gasteiger partial charge >= 0.3 is 0 Å². The summed E-state index contributed by atoms with van der Waals surface area (Å²) in [6.07, 6.45) is 3.17. The first-order chi connectivity index (χ1) is 9.68. The van der Waals surface area contributed by atoms with Crippen molar-refractivity contribution in [1.29, 1.82) is 0 Å². The van der Waals surface area contributed by atoms with Crippen LogP contribution in [0.1, 0.15) is 29.8 Å². The van der Waals surface area contributed by atoms with E-state index in [0.29, 0.717) is 5.56 Å². The number of amides is 1. The molecule has 0 spiro atoms. The fourth-order valence-electron chi connectivity index (χ4n) is 1.81. The molecule has 0 aliphatic heterocycles. The Bertz CT molecular complexity index is 592. The van der Waals surface area contributed by atoms with Crippen molar-refractivity contribution in [1.82, 2.24) is 10.4 Å². The van der Waals surface area contributed by atoms with Crippen molar-refractivity contribution in [2.75, 3.05) is 0 Å². The number of carbonyl (C=O) groups excluding carboxylic acids is 1. The standard InChI is InChI=1S/C16H17N3O/c1-12(2)15(13-6-4-3-5-7-13)18-19-16(20)14-8-10-17-11-9-14/h3-12H,1-2H3,(H,19,20)/b18-15+. The van der Waals surface area contributed by atoms with E-state index in [1.54, 1.807) is 24.5 Å². The zero-order valence-electron chi connectivity index (χ0n) is 11.6. The maximum Gasteiger partial charge on any atom is 0.271 e. The number of hydrogen-bond acceptors (Lipinski definition) is 3. The minimum atomic E-state index is -0.235. The molecule has 1 heterocycles. The van der Waals surface area contributed by atoms with Crippen molar-refractivity contribution in [3.63, 3.8) is 0 Å². The molecule has 2 aromatic rings. The minimum absolute atomic E-state index is 0.218. The molecule has 1 aromatic carbocycles. The molecule has 0 fully saturated rings. The highest BCUT2D eigenvalue weighted by Gasteiger charge is 2.10. The van der Waals surface area contributed by atoms with Crippen LogP contribution >= 0.6 is 0 Å². The van der Waals surface area contributed by atoms with Gasteiger partial charge in [-0.3, -0.25) is 9.78 Å². The summed E-state index contributed by atoms with van der Waals surface area (Å²) in [4.78, 5) is 15.8. The highest BCUT2D eigenvalue weighted by molar-refractivity contribution is 6.03. The quantitative estimate of drug-likeness (QED) is 0.684. The SMILES string of the molecule is CC(C)/C(=N\NC(=O)c1ccncc1)c1ccccc1. The third-order valence-electron chi connectivity index (χ3n) is 2.84. The Hall–Kier alpha value is -2.49. The van der Waals surface area contributed by atoms with Crippen molar-refractivity contribution in [3.8, 4) is 0 Å². The van der Waals surface area contributed by atoms with Crippen molar-refractivity contribution >= 4 is 11.6 Å². The first-order valence-corrected chi connectivity index (χ1v) is 6.52. The minimum Gasteiger partial charge on any atom is -0.267 e. The van der Waals surface area contributed by atoms with Crippen molar-refractivity contribution in [2.45, 2.75) is 13.8 Å². The van der Waals surface area contributed by atoms with Gasteiger partial charge in [0.05, 0.1) is 5.71 Å². The normalized spacial score (nSPS) is 11.4. The van der Waals surface area contributed by atoms with E-state index in [0.717, 1.165) is 11.3 Å². The molecule has 0 atom stereocenters. The third-order valence-corrected chi connectivity index (χ3v) is 2.84. The monoisotopic (exact) mass is 267 g/mol. The Morgan fingerprint density at radius 2 is 1.70 bits per heavy atom. The summed E-state index contributed by atoms with van der Waals surface area (Å²) in [5.74, 6) is -0.0170. The van der Waals surface area contributed by atoms with Crippen molar-refractivity contribution < 1.29 is 4.79 Å². The van der Waals surface area contributed by atoms with Gasteiger partial charge in [0.2, 0.25) is 0 Å². The van der Waals surface area contributed by atoms with Gasteiger partial charge in [0, 0.05) is 18.0 Å². The molecule has 0 unspecified atom stereocenters. The summed E-state index contributed by atoms with van der Waals surface area (Å²) in [6.45, 7) is 4.09. The summed E-state index contributed by atoms with van der Waals surface area (Å²) in [5.41, 5.74) is 5.01. The van der Waals surface area contributed by atoms with E-state index in [-0.39, 0.29) is 11.8 Å². The molecule has 20 heavy (non-hydrogen) atoms. The lowest BCUT2D eigenvalue weighted by Gasteiger charge is -2.10. The fourth-order valence-corrected chi connectivity index (χ4v) is 1.81. The Kier molecular flexibility index (Phi) is 4.60. The molecule has 102 valence electrons. The van der Waals surface area contributed by atoms with Crippen LogP contribution in [-0.2, 0) is 0 Å². The average molecular weight is 267 g/mol. The predicted octanol–water partition coefficient (Wildman–Crippen LogP) is 2.87. The number of hydrazone groups is 1. The Balaban J connectivity index is 2.17. The lowest BCUT2D eigenvalue weighted by Crippen LogP contribution is -2.22. The van der Waals surface area contributed by atoms with Gasteiger partial charge in [0.15, 0.2) is 0 Å². The molecule has 2 rings (SSSR count). The molecule has 0 saturated heterocycles. The van der Waals surface area contributed by atoms with Gasteiger partial charge in [-0.1, -0.05) is 44.2 Å². The van der Waals surface area contributed by atoms with Gasteiger partial charge in [0.1, 0.15) is 0 Å². The maximum atomic E-state index is 12.0. The summed E-state index contributed by atoms with van der Waals surface area (Å²) in [6, 6.07) is 13.1. The summed E-state index contributed by atoms with van der Waals surface area (Å²) in [7, 11) is 0. The number of aromatic nitrogens is 1. The van der Waals surface area contributed by atoms with Crippen LogP contribution in [0.3, 0.4) is 0 Å². The zero-order valence-corrected chi connectivity index (χ0v) is 11.6. The molecular weight excluding hydrogens is 250 g/mol. The van der Waals surface area contributed by atoms with Crippen LogP contribution in [0, 0.1) is 5.92 Å². The van der Waals surface area contributed by atoms with Crippen LogP contribution in [0.15, 0.2) is 60.0 Å². The maximum absolute atomic E-state index is 12.0. The van der Waals surface area contributed by atoms with Gasteiger partial charge in [-0.05, 0) is 23.6 Å². The number of nitrogens with zero attached hydrogens (tertiary/aromatic N) is 2. The number of nitrogens with one attached hydrogen (secondary N) is 1. The van der Waals surface area contributed by atoms with E-state index in [9.17, 15) is 4.79 Å². The summed E-state index contributed by atoms with van der Waals surface area (Å²) < 4.78 is 0. The lowest BCUT2D eigenvalue weighted by molar-refractivity contribution is 0.0954. The second kappa shape index (κ2) is 6.61. The number of rotatable bonds is 4. The van der Waals surface area contributed by atoms with E-state index in [2.05, 4.69) is 15.5 Å². The highest BCUT2D eigenvalue weighted by atomic mass is 16.2. The van der Waals surface area contributed by atoms with Crippen LogP contribution in [0.4, 0.5) is 0 Å². The van der Waals surface area contributed by atoms with Gasteiger partial charge in [-0.2, -0.15) is 5.10 Å². The van der Waals surface area contributed by atoms with Crippen LogP contribution in [0.25, 0.3) is 0 Å². The van der Waals surface area contributed by atoms with Crippen molar-refractivity contribution in [3.05, 3.63) is 66.0 Å². The van der Waals surface area contributed by atoms with Gasteiger partial charge in [-0.15, -0.1) is 0 Å². The molecular formula is C16H17N3O. The van der Waals surface area contributed by atoms with Crippen LogP contribution in [-0.4, -0.2) is 16.6 Å². The first kappa shape index (κ1) is 13.9. The Morgan fingerprint density at radius 1 is 1.05 bits per heavy atom. The number of hydrogen-bond donors (Lipinski definition) is 1. The van der Waals surface area contributed by atoms with E-state index < -0.39 is 0 Å². The van der Waals surface area contributed by atoms with Gasteiger partial charge in [-0.25, -0.2) is 5.43 Å². The predicted molar refractivity (Wildman–Crippen MR) is 79.5 cm³/mol. The summed E-state index contributed by atoms with van der Waals surface area (Å²) in [5, 5.41) is 4.27. The van der Waals surface area contributed by atoms with Gasteiger partial charge < -0.3 is 0 Å². The van der Waals surface area contributed by atoms with E-state index in [1.165, 1.54) is 0 Å². The largest absolute Gasteiger partial charge is 0.271 e. The summed E-state index contributed by atoms with van der Waals surface area (Å²) >= 11 is 0. The molecule has 0 radical (unpaired) electrons. The second-order valence-electron chi connectivity index (χ2n) is 4.69. The highest BCUT2D eigenvalue weighted by Crippen LogP contribution is 2.09. The van der Waals surface area contributed by atoms with E-state index in [4.69, 9.17) is 0 Å². The average Bonchev–Trinajstić information content (AvgIpc) is 2.49. The molecule has 0 aliphatic carbocycles. The topological polar surface area (TPSA) is 54.4 Å². The second-order valence-corrected chi connectivity index (χ2v) is 4.69. The molecule has 4 nitrogen and oxygen atoms in total. The third kappa shape index (κ3) is 3.51. The van der Waals surface area contributed by atoms with Crippen molar-refractivity contribution in [2.24, 2.45) is 11.0 Å². The smallest absolute Gasteiger partial charge is 0.267 e. The number of benzene rings is 1. The zero-order chi connectivity index (χ0) is 14.4. The van der Waals surface area contributed by atoms with Crippen LogP contribution < -0.4 is 5.43 Å². The first-order valence-electron chi connectivity index (χ1n) is 6.52. The number of carbonyl (C=O) groups is 1. The van der Waals surface area contributed by atoms with E-state index in [1.807, 2.05) is 44.2 Å². The van der Waals surface area contributed by atoms with Crippen LogP contribution in [0.5, 0.6) is 0 Å². The molecule has 4 heteroatoms. The number of pyridine rings is 1. The molecule has 0 bridgehead atoms. The fraction of sp³-hybridized carbons (Fsp3) is 0.188. The van der Waals surface area contributed by atoms with Crippen LogP contribution in [0.2, 0.25) is 0 Å².